The molecule has 1 heterocycles. The van der Waals surface area contributed by atoms with Gasteiger partial charge in [-0.25, -0.2) is 9.82 Å². The summed E-state index contributed by atoms with van der Waals surface area (Å²) in [5.74, 6) is 5.32. The largest absolute Gasteiger partial charge is 0.271 e. The van der Waals surface area contributed by atoms with Crippen molar-refractivity contribution in [1.82, 2.24) is 10.4 Å². The van der Waals surface area contributed by atoms with E-state index in [1.807, 2.05) is 24.3 Å². The summed E-state index contributed by atoms with van der Waals surface area (Å²) in [6, 6.07) is 11.6. The van der Waals surface area contributed by atoms with Crippen LogP contribution >= 0.6 is 11.6 Å². The Morgan fingerprint density at radius 3 is 2.81 bits per heavy atom. The average molecular weight is 302 g/mol. The third-order valence-corrected chi connectivity index (χ3v) is 3.70. The van der Waals surface area contributed by atoms with Gasteiger partial charge in [0, 0.05) is 28.4 Å². The number of hydrazine groups is 1. The Kier molecular flexibility index (Phi) is 3.84. The summed E-state index contributed by atoms with van der Waals surface area (Å²) in [6.45, 7) is 0. The fourth-order valence-electron chi connectivity index (χ4n) is 2.48. The zero-order valence-electron chi connectivity index (χ0n) is 11.1. The van der Waals surface area contributed by atoms with Gasteiger partial charge in [0.1, 0.15) is 5.82 Å². The molecule has 0 saturated carbocycles. The molecule has 3 N–H and O–H groups in total. The van der Waals surface area contributed by atoms with Gasteiger partial charge in [0.05, 0.1) is 6.04 Å². The highest BCUT2D eigenvalue weighted by Crippen LogP contribution is 2.30. The maximum Gasteiger partial charge on any atom is 0.128 e. The molecule has 0 aliphatic heterocycles. The molecule has 0 amide bonds. The molecule has 0 saturated heterocycles. The number of rotatable bonds is 3. The number of pyridine rings is 1. The lowest BCUT2D eigenvalue weighted by atomic mass is 9.94. The lowest BCUT2D eigenvalue weighted by Gasteiger charge is -2.19. The summed E-state index contributed by atoms with van der Waals surface area (Å²) in [4.78, 5) is 4.10. The number of halogens is 2. The zero-order chi connectivity index (χ0) is 14.8. The van der Waals surface area contributed by atoms with Crippen molar-refractivity contribution in [3.8, 4) is 0 Å². The Bertz CT molecular complexity index is 786. The summed E-state index contributed by atoms with van der Waals surface area (Å²) in [5, 5.41) is 2.40. The molecule has 0 aliphatic rings. The molecule has 3 rings (SSSR count). The predicted molar refractivity (Wildman–Crippen MR) is 82.3 cm³/mol. The molecule has 0 radical (unpaired) electrons. The number of hydrogen-bond donors (Lipinski definition) is 2. The number of fused-ring (bicyclic) bond motifs is 1. The van der Waals surface area contributed by atoms with Crippen molar-refractivity contribution in [3.63, 3.8) is 0 Å². The van der Waals surface area contributed by atoms with E-state index in [2.05, 4.69) is 10.4 Å². The van der Waals surface area contributed by atoms with Crippen LogP contribution in [-0.4, -0.2) is 4.98 Å². The predicted octanol–water partition coefficient (Wildman–Crippen LogP) is 3.58. The average Bonchev–Trinajstić information content (AvgIpc) is 2.51. The van der Waals surface area contributed by atoms with Crippen LogP contribution in [0.3, 0.4) is 0 Å². The van der Waals surface area contributed by atoms with Crippen molar-refractivity contribution < 1.29 is 4.39 Å². The molecule has 1 unspecified atom stereocenters. The van der Waals surface area contributed by atoms with Gasteiger partial charge in [0.15, 0.2) is 0 Å². The van der Waals surface area contributed by atoms with E-state index in [1.165, 1.54) is 12.1 Å². The molecule has 0 bridgehead atoms. The molecule has 5 heteroatoms. The van der Waals surface area contributed by atoms with Gasteiger partial charge in [0.2, 0.25) is 0 Å². The van der Waals surface area contributed by atoms with E-state index in [4.69, 9.17) is 17.4 Å². The Labute approximate surface area is 126 Å². The van der Waals surface area contributed by atoms with E-state index in [1.54, 1.807) is 18.5 Å². The summed E-state index contributed by atoms with van der Waals surface area (Å²) >= 11 is 5.98. The van der Waals surface area contributed by atoms with Gasteiger partial charge < -0.3 is 0 Å². The topological polar surface area (TPSA) is 50.9 Å². The highest BCUT2D eigenvalue weighted by Gasteiger charge is 2.19. The molecule has 2 aromatic carbocycles. The van der Waals surface area contributed by atoms with Crippen LogP contribution in [-0.2, 0) is 0 Å². The molecule has 0 aliphatic carbocycles. The number of aromatic nitrogens is 1. The molecular formula is C16H13ClFN3. The Morgan fingerprint density at radius 1 is 1.14 bits per heavy atom. The van der Waals surface area contributed by atoms with Crippen LogP contribution in [0.2, 0.25) is 5.02 Å². The molecule has 1 aromatic heterocycles. The number of nitrogens with two attached hydrogens (primary N) is 1. The lowest BCUT2D eigenvalue weighted by Crippen LogP contribution is -2.29. The maximum absolute atomic E-state index is 14.1. The van der Waals surface area contributed by atoms with Gasteiger partial charge in [-0.05, 0) is 35.2 Å². The monoisotopic (exact) mass is 301 g/mol. The third kappa shape index (κ3) is 2.61. The number of nitrogens with zero attached hydrogens (tertiary/aromatic N) is 1. The molecule has 3 aromatic rings. The number of nitrogens with one attached hydrogen (secondary N) is 1. The first-order valence-corrected chi connectivity index (χ1v) is 6.82. The van der Waals surface area contributed by atoms with E-state index in [-0.39, 0.29) is 5.82 Å². The van der Waals surface area contributed by atoms with Crippen LogP contribution in [0.25, 0.3) is 10.8 Å². The molecule has 21 heavy (non-hydrogen) atoms. The highest BCUT2D eigenvalue weighted by molar-refractivity contribution is 6.30. The van der Waals surface area contributed by atoms with Crippen LogP contribution in [0.1, 0.15) is 17.2 Å². The summed E-state index contributed by atoms with van der Waals surface area (Å²) in [6.07, 6.45) is 3.47. The minimum Gasteiger partial charge on any atom is -0.271 e. The van der Waals surface area contributed by atoms with Gasteiger partial charge in [-0.1, -0.05) is 29.8 Å². The van der Waals surface area contributed by atoms with Crippen molar-refractivity contribution in [3.05, 3.63) is 76.8 Å². The minimum atomic E-state index is -0.491. The third-order valence-electron chi connectivity index (χ3n) is 3.46. The quantitative estimate of drug-likeness (QED) is 0.574. The van der Waals surface area contributed by atoms with Crippen LogP contribution in [0.15, 0.2) is 54.9 Å². The normalized spacial score (nSPS) is 12.5. The molecule has 106 valence electrons. The van der Waals surface area contributed by atoms with Crippen LogP contribution in [0.5, 0.6) is 0 Å². The van der Waals surface area contributed by atoms with Crippen molar-refractivity contribution in [2.24, 2.45) is 5.84 Å². The number of benzene rings is 2. The van der Waals surface area contributed by atoms with Crippen molar-refractivity contribution >= 4 is 22.4 Å². The van der Waals surface area contributed by atoms with Gasteiger partial charge in [-0.2, -0.15) is 0 Å². The fraction of sp³-hybridized carbons (Fsp3) is 0.0625. The molecule has 3 nitrogen and oxygen atoms in total. The number of hydrogen-bond acceptors (Lipinski definition) is 3. The second-order valence-electron chi connectivity index (χ2n) is 4.71. The van der Waals surface area contributed by atoms with Gasteiger partial charge in [-0.15, -0.1) is 0 Å². The van der Waals surface area contributed by atoms with Crippen LogP contribution in [0, 0.1) is 5.82 Å². The summed E-state index contributed by atoms with van der Waals surface area (Å²) in [7, 11) is 0. The Balaban J connectivity index is 2.21. The Morgan fingerprint density at radius 2 is 2.00 bits per heavy atom. The SMILES string of the molecule is NNC(c1cc(Cl)ccc1F)c1cccc2cnccc12. The van der Waals surface area contributed by atoms with Crippen molar-refractivity contribution in [2.75, 3.05) is 0 Å². The molecular weight excluding hydrogens is 289 g/mol. The smallest absolute Gasteiger partial charge is 0.128 e. The van der Waals surface area contributed by atoms with Gasteiger partial charge in [0.25, 0.3) is 0 Å². The van der Waals surface area contributed by atoms with Crippen LogP contribution in [0.4, 0.5) is 4.39 Å². The summed E-state index contributed by atoms with van der Waals surface area (Å²) < 4.78 is 14.1. The fourth-order valence-corrected chi connectivity index (χ4v) is 2.66. The zero-order valence-corrected chi connectivity index (χ0v) is 11.8. The lowest BCUT2D eigenvalue weighted by molar-refractivity contribution is 0.562. The van der Waals surface area contributed by atoms with E-state index in [0.717, 1.165) is 16.3 Å². The van der Waals surface area contributed by atoms with E-state index < -0.39 is 6.04 Å². The standard InChI is InChI=1S/C16H13ClFN3/c17-11-4-5-15(18)14(8-11)16(21-19)13-3-1-2-10-9-20-7-6-12(10)13/h1-9,16,21H,19H2. The van der Waals surface area contributed by atoms with Gasteiger partial charge in [-0.3, -0.25) is 10.8 Å². The second kappa shape index (κ2) is 5.77. The van der Waals surface area contributed by atoms with E-state index >= 15 is 0 Å². The second-order valence-corrected chi connectivity index (χ2v) is 5.15. The van der Waals surface area contributed by atoms with Crippen molar-refractivity contribution in [1.29, 1.82) is 0 Å². The van der Waals surface area contributed by atoms with E-state index in [0.29, 0.717) is 10.6 Å². The van der Waals surface area contributed by atoms with Crippen molar-refractivity contribution in [2.45, 2.75) is 6.04 Å². The maximum atomic E-state index is 14.1. The van der Waals surface area contributed by atoms with Crippen LogP contribution < -0.4 is 11.3 Å². The molecule has 0 spiro atoms. The molecule has 0 fully saturated rings. The first-order valence-electron chi connectivity index (χ1n) is 6.44. The highest BCUT2D eigenvalue weighted by atomic mass is 35.5. The minimum absolute atomic E-state index is 0.353. The van der Waals surface area contributed by atoms with Gasteiger partial charge >= 0.3 is 0 Å². The van der Waals surface area contributed by atoms with E-state index in [9.17, 15) is 4.39 Å². The summed E-state index contributed by atoms with van der Waals surface area (Å²) in [5.41, 5.74) is 3.96. The Hall–Kier alpha value is -2.01. The first kappa shape index (κ1) is 13.9. The first-order chi connectivity index (χ1) is 10.2. The molecule has 1 atom stereocenters.